The summed E-state index contributed by atoms with van der Waals surface area (Å²) >= 11 is 0. The minimum absolute atomic E-state index is 0.0730. The van der Waals surface area contributed by atoms with E-state index in [0.29, 0.717) is 5.56 Å². The monoisotopic (exact) mass is 280 g/mol. The Morgan fingerprint density at radius 3 is 2.50 bits per heavy atom. The smallest absolute Gasteiger partial charge is 0.310 e. The molecule has 0 aliphatic carbocycles. The zero-order valence-corrected chi connectivity index (χ0v) is 11.5. The molecule has 20 heavy (non-hydrogen) atoms. The number of hydrogen-bond donors (Lipinski definition) is 2. The molecule has 1 aromatic carbocycles. The lowest BCUT2D eigenvalue weighted by Crippen LogP contribution is -2.39. The van der Waals surface area contributed by atoms with Crippen molar-refractivity contribution < 1.29 is 19.6 Å². The average Bonchev–Trinajstić information content (AvgIpc) is 2.35. The molecular weight excluding hydrogens is 264 g/mol. The van der Waals surface area contributed by atoms with Gasteiger partial charge in [0.05, 0.1) is 10.3 Å². The van der Waals surface area contributed by atoms with Crippen molar-refractivity contribution in [1.82, 2.24) is 5.32 Å². The van der Waals surface area contributed by atoms with Crippen molar-refractivity contribution in [2.45, 2.75) is 20.8 Å². The topological polar surface area (TPSA) is 110 Å². The number of aryl methyl sites for hydroxylation is 1. The minimum atomic E-state index is -1.14. The van der Waals surface area contributed by atoms with Gasteiger partial charge in [-0.05, 0) is 32.4 Å². The van der Waals surface area contributed by atoms with Gasteiger partial charge in [-0.2, -0.15) is 0 Å². The first-order valence-corrected chi connectivity index (χ1v) is 5.92. The molecule has 7 heteroatoms. The molecule has 0 heterocycles. The van der Waals surface area contributed by atoms with Gasteiger partial charge in [-0.3, -0.25) is 19.7 Å². The molecular formula is C13H16N2O5. The molecule has 0 saturated heterocycles. The first-order valence-electron chi connectivity index (χ1n) is 5.92. The Balaban J connectivity index is 2.96. The summed E-state index contributed by atoms with van der Waals surface area (Å²) in [7, 11) is 0. The highest BCUT2D eigenvalue weighted by atomic mass is 16.6. The number of nitrogens with zero attached hydrogens (tertiary/aromatic N) is 1. The van der Waals surface area contributed by atoms with Gasteiger partial charge in [-0.15, -0.1) is 0 Å². The number of nitro benzene ring substituents is 1. The van der Waals surface area contributed by atoms with Crippen molar-refractivity contribution >= 4 is 17.6 Å². The molecule has 7 nitrogen and oxygen atoms in total. The lowest BCUT2D eigenvalue weighted by Gasteiger charge is -2.19. The maximum atomic E-state index is 12.0. The van der Waals surface area contributed by atoms with Crippen LogP contribution in [-0.4, -0.2) is 28.5 Å². The number of carbonyl (C=O) groups excluding carboxylic acids is 1. The van der Waals surface area contributed by atoms with Crippen LogP contribution < -0.4 is 5.32 Å². The van der Waals surface area contributed by atoms with E-state index in [1.165, 1.54) is 32.0 Å². The van der Waals surface area contributed by atoms with Crippen LogP contribution in [0.3, 0.4) is 0 Å². The van der Waals surface area contributed by atoms with Gasteiger partial charge in [-0.1, -0.05) is 6.07 Å². The second-order valence-corrected chi connectivity index (χ2v) is 5.15. The van der Waals surface area contributed by atoms with Crippen LogP contribution in [0.2, 0.25) is 0 Å². The maximum Gasteiger partial charge on any atom is 0.310 e. The predicted octanol–water partition coefficient (Wildman–Crippen LogP) is 1.74. The van der Waals surface area contributed by atoms with Crippen molar-refractivity contribution in [3.8, 4) is 0 Å². The summed E-state index contributed by atoms with van der Waals surface area (Å²) in [4.78, 5) is 33.2. The van der Waals surface area contributed by atoms with Gasteiger partial charge >= 0.3 is 5.97 Å². The van der Waals surface area contributed by atoms with Crippen LogP contribution in [-0.2, 0) is 4.79 Å². The first-order chi connectivity index (χ1) is 9.15. The number of rotatable bonds is 5. The summed E-state index contributed by atoms with van der Waals surface area (Å²) in [5.41, 5.74) is -0.815. The van der Waals surface area contributed by atoms with E-state index in [1.807, 2.05) is 0 Å². The molecule has 2 N–H and O–H groups in total. The summed E-state index contributed by atoms with van der Waals surface area (Å²) in [6.07, 6.45) is 0. The van der Waals surface area contributed by atoms with Gasteiger partial charge in [0.1, 0.15) is 5.56 Å². The molecule has 0 saturated carbocycles. The van der Waals surface area contributed by atoms with E-state index in [9.17, 15) is 19.7 Å². The Morgan fingerprint density at radius 1 is 1.40 bits per heavy atom. The Labute approximate surface area is 115 Å². The molecule has 0 aliphatic heterocycles. The Morgan fingerprint density at radius 2 is 2.00 bits per heavy atom. The zero-order chi connectivity index (χ0) is 15.5. The molecule has 1 aromatic rings. The molecule has 0 aliphatic rings. The van der Waals surface area contributed by atoms with E-state index in [0.717, 1.165) is 0 Å². The molecule has 108 valence electrons. The van der Waals surface area contributed by atoms with E-state index in [4.69, 9.17) is 5.11 Å². The molecule has 0 unspecified atom stereocenters. The van der Waals surface area contributed by atoms with Gasteiger partial charge in [0, 0.05) is 12.6 Å². The van der Waals surface area contributed by atoms with E-state index in [1.54, 1.807) is 6.92 Å². The van der Waals surface area contributed by atoms with Crippen molar-refractivity contribution in [3.63, 3.8) is 0 Å². The minimum Gasteiger partial charge on any atom is -0.481 e. The fraction of sp³-hybridized carbons (Fsp3) is 0.385. The zero-order valence-electron chi connectivity index (χ0n) is 11.5. The quantitative estimate of drug-likeness (QED) is 0.630. The van der Waals surface area contributed by atoms with Gasteiger partial charge in [0.2, 0.25) is 0 Å². The van der Waals surface area contributed by atoms with E-state index in [-0.39, 0.29) is 17.8 Å². The standard InChI is InChI=1S/C13H16N2O5/c1-8-4-5-10(15(19)20)9(6-8)11(16)14-7-13(2,3)12(17)18/h4-6H,7H2,1-3H3,(H,14,16)(H,17,18). The fourth-order valence-electron chi connectivity index (χ4n) is 1.46. The number of nitro groups is 1. The third-order valence-electron chi connectivity index (χ3n) is 2.86. The molecule has 1 amide bonds. The lowest BCUT2D eigenvalue weighted by atomic mass is 9.94. The normalized spacial score (nSPS) is 10.9. The number of carboxylic acid groups (broad SMARTS) is 1. The summed E-state index contributed by atoms with van der Waals surface area (Å²) in [5, 5.41) is 22.2. The number of hydrogen-bond acceptors (Lipinski definition) is 4. The summed E-state index contributed by atoms with van der Waals surface area (Å²) in [5.74, 6) is -1.72. The Hall–Kier alpha value is -2.44. The Bertz CT molecular complexity index is 566. The summed E-state index contributed by atoms with van der Waals surface area (Å²) < 4.78 is 0. The average molecular weight is 280 g/mol. The van der Waals surface area contributed by atoms with Crippen LogP contribution in [0.15, 0.2) is 18.2 Å². The summed E-state index contributed by atoms with van der Waals surface area (Å²) in [6, 6.07) is 4.20. The Kier molecular flexibility index (Phi) is 4.44. The van der Waals surface area contributed by atoms with Crippen LogP contribution >= 0.6 is 0 Å². The summed E-state index contributed by atoms with van der Waals surface area (Å²) in [6.45, 7) is 4.51. The van der Waals surface area contributed by atoms with Gasteiger partial charge in [0.25, 0.3) is 11.6 Å². The second-order valence-electron chi connectivity index (χ2n) is 5.15. The molecule has 0 bridgehead atoms. The third-order valence-corrected chi connectivity index (χ3v) is 2.86. The molecule has 0 radical (unpaired) electrons. The third kappa shape index (κ3) is 3.53. The first kappa shape index (κ1) is 15.6. The number of amides is 1. The van der Waals surface area contributed by atoms with Gasteiger partial charge in [0.15, 0.2) is 0 Å². The highest BCUT2D eigenvalue weighted by Gasteiger charge is 2.29. The highest BCUT2D eigenvalue weighted by molar-refractivity contribution is 5.98. The van der Waals surface area contributed by atoms with Crippen LogP contribution in [0.4, 0.5) is 5.69 Å². The van der Waals surface area contributed by atoms with Crippen LogP contribution in [0.25, 0.3) is 0 Å². The molecule has 0 atom stereocenters. The highest BCUT2D eigenvalue weighted by Crippen LogP contribution is 2.20. The van der Waals surface area contributed by atoms with Crippen molar-refractivity contribution in [1.29, 1.82) is 0 Å². The lowest BCUT2D eigenvalue weighted by molar-refractivity contribution is -0.385. The van der Waals surface area contributed by atoms with E-state index < -0.39 is 22.2 Å². The number of nitrogens with one attached hydrogen (secondary N) is 1. The van der Waals surface area contributed by atoms with Gasteiger partial charge in [-0.25, -0.2) is 0 Å². The van der Waals surface area contributed by atoms with Crippen molar-refractivity contribution in [2.75, 3.05) is 6.54 Å². The number of carboxylic acids is 1. The molecule has 0 spiro atoms. The predicted molar refractivity (Wildman–Crippen MR) is 71.6 cm³/mol. The van der Waals surface area contributed by atoms with Crippen LogP contribution in [0.5, 0.6) is 0 Å². The van der Waals surface area contributed by atoms with E-state index in [2.05, 4.69) is 5.32 Å². The second kappa shape index (κ2) is 5.68. The molecule has 0 aromatic heterocycles. The molecule has 0 fully saturated rings. The van der Waals surface area contributed by atoms with Crippen molar-refractivity contribution in [3.05, 3.63) is 39.4 Å². The van der Waals surface area contributed by atoms with Crippen molar-refractivity contribution in [2.24, 2.45) is 5.41 Å². The number of benzene rings is 1. The SMILES string of the molecule is Cc1ccc([N+](=O)[O-])c(C(=O)NCC(C)(C)C(=O)O)c1. The largest absolute Gasteiger partial charge is 0.481 e. The maximum absolute atomic E-state index is 12.0. The molecule has 1 rings (SSSR count). The number of aliphatic carboxylic acids is 1. The van der Waals surface area contributed by atoms with E-state index >= 15 is 0 Å². The number of carbonyl (C=O) groups is 2. The van der Waals surface area contributed by atoms with Gasteiger partial charge < -0.3 is 10.4 Å². The fourth-order valence-corrected chi connectivity index (χ4v) is 1.46. The van der Waals surface area contributed by atoms with Crippen LogP contribution in [0.1, 0.15) is 29.8 Å². The van der Waals surface area contributed by atoms with Crippen LogP contribution in [0, 0.1) is 22.5 Å².